The number of sulfonamides is 1. The number of benzene rings is 2. The molecule has 0 saturated heterocycles. The molecule has 2 aromatic carbocycles. The maximum absolute atomic E-state index is 13.1. The molecular weight excluding hydrogens is 369 g/mol. The maximum Gasteiger partial charge on any atom is 0.319 e. The molecule has 27 heavy (non-hydrogen) atoms. The molecule has 0 bridgehead atoms. The fraction of sp³-hybridized carbons (Fsp3) is 0.316. The standard InChI is InChI=1S/C19H24FN3O3S/c1-3-23(4-2)27(25,26)18-10-8-17(9-11-18)22-19(24)21-13-12-15-6-5-7-16(20)14-15/h5-11,14H,3-4,12-13H2,1-2H3,(H2,21,22,24). The van der Waals surface area contributed by atoms with Crippen molar-refractivity contribution >= 4 is 21.7 Å². The van der Waals surface area contributed by atoms with Gasteiger partial charge in [0, 0.05) is 25.3 Å². The van der Waals surface area contributed by atoms with Gasteiger partial charge in [-0.05, 0) is 48.4 Å². The summed E-state index contributed by atoms with van der Waals surface area (Å²) < 4.78 is 39.3. The van der Waals surface area contributed by atoms with E-state index in [2.05, 4.69) is 10.6 Å². The number of hydrogen-bond donors (Lipinski definition) is 2. The number of rotatable bonds is 8. The van der Waals surface area contributed by atoms with Crippen LogP contribution < -0.4 is 10.6 Å². The topological polar surface area (TPSA) is 78.5 Å². The average Bonchev–Trinajstić information content (AvgIpc) is 2.63. The van der Waals surface area contributed by atoms with Crippen molar-refractivity contribution in [2.45, 2.75) is 25.2 Å². The van der Waals surface area contributed by atoms with Gasteiger partial charge in [0.2, 0.25) is 10.0 Å². The lowest BCUT2D eigenvalue weighted by Crippen LogP contribution is -2.31. The molecule has 2 N–H and O–H groups in total. The van der Waals surface area contributed by atoms with Crippen LogP contribution in [0.1, 0.15) is 19.4 Å². The van der Waals surface area contributed by atoms with Crippen molar-refractivity contribution in [3.8, 4) is 0 Å². The van der Waals surface area contributed by atoms with Gasteiger partial charge in [-0.3, -0.25) is 0 Å². The number of urea groups is 1. The van der Waals surface area contributed by atoms with Crippen LogP contribution in [0.15, 0.2) is 53.4 Å². The molecule has 0 spiro atoms. The van der Waals surface area contributed by atoms with Crippen LogP contribution in [0.4, 0.5) is 14.9 Å². The van der Waals surface area contributed by atoms with E-state index in [9.17, 15) is 17.6 Å². The molecule has 0 aliphatic carbocycles. The highest BCUT2D eigenvalue weighted by Crippen LogP contribution is 2.18. The van der Waals surface area contributed by atoms with Gasteiger partial charge in [-0.1, -0.05) is 26.0 Å². The number of hydrogen-bond acceptors (Lipinski definition) is 3. The van der Waals surface area contributed by atoms with Crippen LogP contribution in [0, 0.1) is 5.82 Å². The van der Waals surface area contributed by atoms with Crippen molar-refractivity contribution in [1.29, 1.82) is 0 Å². The largest absolute Gasteiger partial charge is 0.338 e. The van der Waals surface area contributed by atoms with E-state index in [4.69, 9.17) is 0 Å². The summed E-state index contributed by atoms with van der Waals surface area (Å²) in [4.78, 5) is 12.1. The molecule has 0 radical (unpaired) electrons. The van der Waals surface area contributed by atoms with Gasteiger partial charge in [-0.15, -0.1) is 0 Å². The van der Waals surface area contributed by atoms with E-state index in [0.717, 1.165) is 5.56 Å². The number of anilines is 1. The molecule has 8 heteroatoms. The van der Waals surface area contributed by atoms with Crippen molar-refractivity contribution in [2.75, 3.05) is 25.0 Å². The smallest absolute Gasteiger partial charge is 0.319 e. The third-order valence-corrected chi connectivity index (χ3v) is 6.11. The molecule has 0 unspecified atom stereocenters. The van der Waals surface area contributed by atoms with Crippen molar-refractivity contribution in [1.82, 2.24) is 9.62 Å². The monoisotopic (exact) mass is 393 g/mol. The van der Waals surface area contributed by atoms with E-state index in [0.29, 0.717) is 31.7 Å². The highest BCUT2D eigenvalue weighted by Gasteiger charge is 2.21. The number of halogens is 1. The summed E-state index contributed by atoms with van der Waals surface area (Å²) in [6, 6.07) is 11.8. The zero-order chi connectivity index (χ0) is 19.9. The van der Waals surface area contributed by atoms with E-state index < -0.39 is 16.1 Å². The first-order chi connectivity index (χ1) is 12.9. The van der Waals surface area contributed by atoms with Crippen LogP contribution in [0.25, 0.3) is 0 Å². The molecule has 0 aliphatic rings. The minimum absolute atomic E-state index is 0.184. The summed E-state index contributed by atoms with van der Waals surface area (Å²) >= 11 is 0. The highest BCUT2D eigenvalue weighted by atomic mass is 32.2. The Balaban J connectivity index is 1.89. The Kier molecular flexibility index (Phi) is 7.32. The second-order valence-corrected chi connectivity index (χ2v) is 7.81. The van der Waals surface area contributed by atoms with E-state index in [-0.39, 0.29) is 10.7 Å². The van der Waals surface area contributed by atoms with Gasteiger partial charge in [-0.25, -0.2) is 17.6 Å². The Morgan fingerprint density at radius 3 is 2.33 bits per heavy atom. The van der Waals surface area contributed by atoms with Crippen molar-refractivity contribution in [3.63, 3.8) is 0 Å². The average molecular weight is 393 g/mol. The number of amides is 2. The summed E-state index contributed by atoms with van der Waals surface area (Å²) in [7, 11) is -3.52. The molecule has 2 amide bonds. The Morgan fingerprint density at radius 2 is 1.74 bits per heavy atom. The molecule has 0 fully saturated rings. The van der Waals surface area contributed by atoms with Gasteiger partial charge in [0.15, 0.2) is 0 Å². The summed E-state index contributed by atoms with van der Waals surface area (Å²) in [5.41, 5.74) is 1.28. The van der Waals surface area contributed by atoms with E-state index in [1.165, 1.54) is 28.6 Å². The summed E-state index contributed by atoms with van der Waals surface area (Å²) in [5.74, 6) is -0.309. The third-order valence-electron chi connectivity index (χ3n) is 4.04. The van der Waals surface area contributed by atoms with Gasteiger partial charge in [0.1, 0.15) is 5.82 Å². The number of carbonyl (C=O) groups is 1. The molecule has 0 aromatic heterocycles. The Hall–Kier alpha value is -2.45. The first-order valence-corrected chi connectivity index (χ1v) is 10.2. The van der Waals surface area contributed by atoms with Crippen molar-refractivity contribution < 1.29 is 17.6 Å². The maximum atomic E-state index is 13.1. The Morgan fingerprint density at radius 1 is 1.07 bits per heavy atom. The van der Waals surface area contributed by atoms with Crippen LogP contribution in [-0.2, 0) is 16.4 Å². The van der Waals surface area contributed by atoms with Crippen molar-refractivity contribution in [2.24, 2.45) is 0 Å². The van der Waals surface area contributed by atoms with Crippen LogP contribution in [0.5, 0.6) is 0 Å². The molecule has 0 atom stereocenters. The van der Waals surface area contributed by atoms with Gasteiger partial charge >= 0.3 is 6.03 Å². The summed E-state index contributed by atoms with van der Waals surface area (Å²) in [6.07, 6.45) is 0.506. The summed E-state index contributed by atoms with van der Waals surface area (Å²) in [5, 5.41) is 5.32. The molecule has 0 saturated carbocycles. The van der Waals surface area contributed by atoms with Gasteiger partial charge < -0.3 is 10.6 Å². The molecular formula is C19H24FN3O3S. The number of nitrogens with one attached hydrogen (secondary N) is 2. The molecule has 146 valence electrons. The minimum Gasteiger partial charge on any atom is -0.338 e. The minimum atomic E-state index is -3.52. The Bertz CT molecular complexity index is 866. The normalized spacial score (nSPS) is 11.4. The highest BCUT2D eigenvalue weighted by molar-refractivity contribution is 7.89. The lowest BCUT2D eigenvalue weighted by atomic mass is 10.1. The molecule has 0 heterocycles. The molecule has 6 nitrogen and oxygen atoms in total. The predicted molar refractivity (Wildman–Crippen MR) is 104 cm³/mol. The zero-order valence-electron chi connectivity index (χ0n) is 15.4. The Labute approximate surface area is 159 Å². The number of nitrogens with zero attached hydrogens (tertiary/aromatic N) is 1. The van der Waals surface area contributed by atoms with Gasteiger partial charge in [-0.2, -0.15) is 4.31 Å². The lowest BCUT2D eigenvalue weighted by molar-refractivity contribution is 0.252. The first kappa shape index (κ1) is 20.9. The van der Waals surface area contributed by atoms with Crippen molar-refractivity contribution in [3.05, 3.63) is 59.9 Å². The van der Waals surface area contributed by atoms with Crippen LogP contribution >= 0.6 is 0 Å². The van der Waals surface area contributed by atoms with E-state index in [1.807, 2.05) is 0 Å². The molecule has 2 aromatic rings. The SMILES string of the molecule is CCN(CC)S(=O)(=O)c1ccc(NC(=O)NCCc2cccc(F)c2)cc1. The first-order valence-electron chi connectivity index (χ1n) is 8.76. The second kappa shape index (κ2) is 9.48. The fourth-order valence-electron chi connectivity index (χ4n) is 2.61. The third kappa shape index (κ3) is 5.77. The number of carbonyl (C=O) groups excluding carboxylic acids is 1. The lowest BCUT2D eigenvalue weighted by Gasteiger charge is -2.18. The van der Waals surface area contributed by atoms with Crippen LogP contribution in [0.3, 0.4) is 0 Å². The van der Waals surface area contributed by atoms with Crippen LogP contribution in [-0.4, -0.2) is 38.4 Å². The van der Waals surface area contributed by atoms with E-state index in [1.54, 1.807) is 38.1 Å². The molecule has 0 aliphatic heterocycles. The van der Waals surface area contributed by atoms with Gasteiger partial charge in [0.05, 0.1) is 4.90 Å². The second-order valence-electron chi connectivity index (χ2n) is 5.87. The molecule has 2 rings (SSSR count). The summed E-state index contributed by atoms with van der Waals surface area (Å²) in [6.45, 7) is 4.71. The zero-order valence-corrected chi connectivity index (χ0v) is 16.2. The quantitative estimate of drug-likeness (QED) is 0.723. The predicted octanol–water partition coefficient (Wildman–Crippen LogP) is 3.22. The van der Waals surface area contributed by atoms with Crippen LogP contribution in [0.2, 0.25) is 0 Å². The fourth-order valence-corrected chi connectivity index (χ4v) is 4.07. The van der Waals surface area contributed by atoms with Gasteiger partial charge in [0.25, 0.3) is 0 Å². The van der Waals surface area contributed by atoms with E-state index >= 15 is 0 Å².